The molecule has 0 bridgehead atoms. The Labute approximate surface area is 142 Å². The highest BCUT2D eigenvalue weighted by atomic mass is 16.6. The first-order valence-corrected chi connectivity index (χ1v) is 8.28. The van der Waals surface area contributed by atoms with Gasteiger partial charge in [0.1, 0.15) is 5.76 Å². The highest BCUT2D eigenvalue weighted by Crippen LogP contribution is 2.13. The molecule has 1 unspecified atom stereocenters. The molecule has 3 rings (SSSR count). The standard InChI is InChI=1S/C19H23NO4/c1-15-4-6-16(7-5-15)8-9-20(13-17-3-2-10-23-17)19(21)18-14-22-11-12-24-18/h2-7,10,18H,8-9,11-14H2,1H3. The van der Waals surface area contributed by atoms with E-state index < -0.39 is 6.10 Å². The number of amides is 1. The predicted octanol–water partition coefficient (Wildman–Crippen LogP) is 2.57. The third-order valence-electron chi connectivity index (χ3n) is 4.12. The molecule has 24 heavy (non-hydrogen) atoms. The Morgan fingerprint density at radius 3 is 2.71 bits per heavy atom. The van der Waals surface area contributed by atoms with Gasteiger partial charge in [-0.05, 0) is 31.0 Å². The third kappa shape index (κ3) is 4.46. The summed E-state index contributed by atoms with van der Waals surface area (Å²) in [6.07, 6.45) is 1.89. The average molecular weight is 329 g/mol. The van der Waals surface area contributed by atoms with Crippen molar-refractivity contribution in [3.05, 3.63) is 59.5 Å². The van der Waals surface area contributed by atoms with Crippen LogP contribution in [0.15, 0.2) is 47.1 Å². The molecule has 1 aliphatic heterocycles. The van der Waals surface area contributed by atoms with E-state index in [0.29, 0.717) is 32.9 Å². The minimum Gasteiger partial charge on any atom is -0.467 e. The van der Waals surface area contributed by atoms with Crippen LogP contribution in [0.25, 0.3) is 0 Å². The van der Waals surface area contributed by atoms with E-state index in [1.54, 1.807) is 11.2 Å². The van der Waals surface area contributed by atoms with Crippen LogP contribution in [0.2, 0.25) is 0 Å². The van der Waals surface area contributed by atoms with E-state index in [0.717, 1.165) is 12.2 Å². The number of aryl methyl sites for hydroxylation is 1. The van der Waals surface area contributed by atoms with E-state index in [2.05, 4.69) is 31.2 Å². The van der Waals surface area contributed by atoms with Gasteiger partial charge in [-0.25, -0.2) is 0 Å². The zero-order valence-corrected chi connectivity index (χ0v) is 13.9. The average Bonchev–Trinajstić information content (AvgIpc) is 3.13. The first kappa shape index (κ1) is 16.7. The van der Waals surface area contributed by atoms with Crippen molar-refractivity contribution < 1.29 is 18.7 Å². The molecule has 1 aromatic heterocycles. The first-order chi connectivity index (χ1) is 11.7. The van der Waals surface area contributed by atoms with Gasteiger partial charge in [0, 0.05) is 6.54 Å². The van der Waals surface area contributed by atoms with Crippen molar-refractivity contribution in [1.29, 1.82) is 0 Å². The molecule has 1 fully saturated rings. The van der Waals surface area contributed by atoms with Gasteiger partial charge in [-0.1, -0.05) is 29.8 Å². The molecule has 2 aromatic rings. The van der Waals surface area contributed by atoms with Crippen LogP contribution in [0.4, 0.5) is 0 Å². The fourth-order valence-electron chi connectivity index (χ4n) is 2.71. The largest absolute Gasteiger partial charge is 0.467 e. The molecule has 1 aliphatic rings. The quantitative estimate of drug-likeness (QED) is 0.817. The van der Waals surface area contributed by atoms with Crippen LogP contribution >= 0.6 is 0 Å². The van der Waals surface area contributed by atoms with Crippen LogP contribution in [0.3, 0.4) is 0 Å². The van der Waals surface area contributed by atoms with E-state index in [-0.39, 0.29) is 5.91 Å². The topological polar surface area (TPSA) is 51.9 Å². The summed E-state index contributed by atoms with van der Waals surface area (Å²) in [5.74, 6) is 0.724. The maximum atomic E-state index is 12.8. The van der Waals surface area contributed by atoms with Crippen LogP contribution in [0.5, 0.6) is 0 Å². The summed E-state index contributed by atoms with van der Waals surface area (Å²) in [5.41, 5.74) is 2.44. The first-order valence-electron chi connectivity index (χ1n) is 8.28. The number of nitrogens with zero attached hydrogens (tertiary/aromatic N) is 1. The number of rotatable bonds is 6. The fraction of sp³-hybridized carbons (Fsp3) is 0.421. The van der Waals surface area contributed by atoms with Crippen molar-refractivity contribution in [2.24, 2.45) is 0 Å². The summed E-state index contributed by atoms with van der Waals surface area (Å²) in [7, 11) is 0. The van der Waals surface area contributed by atoms with Gasteiger partial charge in [0.05, 0.1) is 32.6 Å². The van der Waals surface area contributed by atoms with Crippen molar-refractivity contribution in [2.75, 3.05) is 26.4 Å². The van der Waals surface area contributed by atoms with Gasteiger partial charge in [0.2, 0.25) is 0 Å². The Kier molecular flexibility index (Phi) is 5.67. The van der Waals surface area contributed by atoms with Crippen LogP contribution in [-0.2, 0) is 27.2 Å². The monoisotopic (exact) mass is 329 g/mol. The molecule has 0 spiro atoms. The molecule has 1 amide bonds. The molecule has 2 heterocycles. The Morgan fingerprint density at radius 2 is 2.04 bits per heavy atom. The molecular formula is C19H23NO4. The minimum absolute atomic E-state index is 0.0433. The van der Waals surface area contributed by atoms with Crippen molar-refractivity contribution in [1.82, 2.24) is 4.90 Å². The lowest BCUT2D eigenvalue weighted by Gasteiger charge is -2.29. The molecule has 1 atom stereocenters. The molecule has 128 valence electrons. The van der Waals surface area contributed by atoms with Crippen molar-refractivity contribution in [2.45, 2.75) is 26.0 Å². The second-order valence-electron chi connectivity index (χ2n) is 6.01. The second-order valence-corrected chi connectivity index (χ2v) is 6.01. The van der Waals surface area contributed by atoms with Gasteiger partial charge in [-0.2, -0.15) is 0 Å². The molecule has 0 radical (unpaired) electrons. The number of hydrogen-bond acceptors (Lipinski definition) is 4. The summed E-state index contributed by atoms with van der Waals surface area (Å²) >= 11 is 0. The van der Waals surface area contributed by atoms with Crippen molar-refractivity contribution in [3.63, 3.8) is 0 Å². The molecular weight excluding hydrogens is 306 g/mol. The van der Waals surface area contributed by atoms with Crippen molar-refractivity contribution in [3.8, 4) is 0 Å². The summed E-state index contributed by atoms with van der Waals surface area (Å²) in [4.78, 5) is 14.6. The van der Waals surface area contributed by atoms with Gasteiger partial charge in [-0.15, -0.1) is 0 Å². The van der Waals surface area contributed by atoms with Crippen LogP contribution < -0.4 is 0 Å². The van der Waals surface area contributed by atoms with Gasteiger partial charge in [0.15, 0.2) is 6.10 Å². The Morgan fingerprint density at radius 1 is 1.21 bits per heavy atom. The van der Waals surface area contributed by atoms with Gasteiger partial charge < -0.3 is 18.8 Å². The lowest BCUT2D eigenvalue weighted by Crippen LogP contribution is -2.45. The van der Waals surface area contributed by atoms with Crippen LogP contribution in [-0.4, -0.2) is 43.3 Å². The Balaban J connectivity index is 1.66. The summed E-state index contributed by atoms with van der Waals surface area (Å²) in [6, 6.07) is 12.1. The maximum Gasteiger partial charge on any atom is 0.254 e. The predicted molar refractivity (Wildman–Crippen MR) is 89.6 cm³/mol. The molecule has 0 aliphatic carbocycles. The second kappa shape index (κ2) is 8.13. The smallest absolute Gasteiger partial charge is 0.254 e. The number of ether oxygens (including phenoxy) is 2. The summed E-state index contributed by atoms with van der Waals surface area (Å²) in [5, 5.41) is 0. The highest BCUT2D eigenvalue weighted by molar-refractivity contribution is 5.81. The van der Waals surface area contributed by atoms with E-state index in [4.69, 9.17) is 13.9 Å². The highest BCUT2D eigenvalue weighted by Gasteiger charge is 2.28. The number of carbonyl (C=O) groups excluding carboxylic acids is 1. The van der Waals surface area contributed by atoms with Crippen molar-refractivity contribution >= 4 is 5.91 Å². The zero-order chi connectivity index (χ0) is 16.8. The van der Waals surface area contributed by atoms with Gasteiger partial charge in [-0.3, -0.25) is 4.79 Å². The fourth-order valence-corrected chi connectivity index (χ4v) is 2.71. The molecule has 1 saturated heterocycles. The molecule has 0 saturated carbocycles. The maximum absolute atomic E-state index is 12.8. The third-order valence-corrected chi connectivity index (χ3v) is 4.12. The molecule has 5 heteroatoms. The summed E-state index contributed by atoms with van der Waals surface area (Å²) in [6.45, 7) is 4.45. The number of carbonyl (C=O) groups is 1. The normalized spacial score (nSPS) is 17.6. The van der Waals surface area contributed by atoms with E-state index >= 15 is 0 Å². The SMILES string of the molecule is Cc1ccc(CCN(Cc2ccco2)C(=O)C2COCCO2)cc1. The molecule has 0 N–H and O–H groups in total. The zero-order valence-electron chi connectivity index (χ0n) is 13.9. The van der Waals surface area contributed by atoms with Gasteiger partial charge >= 0.3 is 0 Å². The minimum atomic E-state index is -0.522. The van der Waals surface area contributed by atoms with Crippen LogP contribution in [0.1, 0.15) is 16.9 Å². The van der Waals surface area contributed by atoms with E-state index in [1.807, 2.05) is 12.1 Å². The lowest BCUT2D eigenvalue weighted by atomic mass is 10.1. The number of hydrogen-bond donors (Lipinski definition) is 0. The van der Waals surface area contributed by atoms with E-state index in [9.17, 15) is 4.79 Å². The molecule has 5 nitrogen and oxygen atoms in total. The van der Waals surface area contributed by atoms with E-state index in [1.165, 1.54) is 11.1 Å². The Hall–Kier alpha value is -2.11. The Bertz CT molecular complexity index is 630. The number of furan rings is 1. The molecule has 1 aromatic carbocycles. The van der Waals surface area contributed by atoms with Crippen LogP contribution in [0, 0.1) is 6.92 Å². The number of benzene rings is 1. The summed E-state index contributed by atoms with van der Waals surface area (Å²) < 4.78 is 16.3. The van der Waals surface area contributed by atoms with Gasteiger partial charge in [0.25, 0.3) is 5.91 Å². The lowest BCUT2D eigenvalue weighted by molar-refractivity contribution is -0.158.